The van der Waals surface area contributed by atoms with Crippen LogP contribution >= 0.6 is 22.9 Å². The summed E-state index contributed by atoms with van der Waals surface area (Å²) in [6.45, 7) is 1.43. The Hall–Kier alpha value is -3.49. The van der Waals surface area contributed by atoms with E-state index in [1.54, 1.807) is 36.4 Å². The van der Waals surface area contributed by atoms with Crippen LogP contribution in [0.25, 0.3) is 6.08 Å². The maximum absolute atomic E-state index is 12.2. The molecular weight excluding hydrogens is 426 g/mol. The summed E-state index contributed by atoms with van der Waals surface area (Å²) in [6.07, 6.45) is 1.51. The number of aromatic nitrogens is 1. The van der Waals surface area contributed by atoms with E-state index >= 15 is 0 Å². The quantitative estimate of drug-likeness (QED) is 0.451. The summed E-state index contributed by atoms with van der Waals surface area (Å²) in [5, 5.41) is 3.22. The van der Waals surface area contributed by atoms with Gasteiger partial charge in [0.2, 0.25) is 11.8 Å². The number of rotatable bonds is 5. The first kappa shape index (κ1) is 19.8. The van der Waals surface area contributed by atoms with Crippen molar-refractivity contribution >= 4 is 52.5 Å². The van der Waals surface area contributed by atoms with Crippen LogP contribution in [0.3, 0.4) is 0 Å². The van der Waals surface area contributed by atoms with Crippen LogP contribution in [0.4, 0.5) is 5.69 Å². The molecule has 30 heavy (non-hydrogen) atoms. The number of para-hydroxylation sites is 1. The Kier molecular flexibility index (Phi) is 5.60. The fraction of sp³-hybridized carbons (Fsp3) is 0.0476. The van der Waals surface area contributed by atoms with Crippen molar-refractivity contribution in [2.75, 3.05) is 5.32 Å². The summed E-state index contributed by atoms with van der Waals surface area (Å²) in [6, 6.07) is 16.0. The number of cyclic esters (lactones) is 1. The Bertz CT molecular complexity index is 1170. The van der Waals surface area contributed by atoms with E-state index in [-0.39, 0.29) is 22.7 Å². The van der Waals surface area contributed by atoms with Crippen LogP contribution in [0.2, 0.25) is 5.15 Å². The lowest BCUT2D eigenvalue weighted by Gasteiger charge is -2.03. The summed E-state index contributed by atoms with van der Waals surface area (Å²) in [5.41, 5.74) is 1.34. The molecule has 2 heterocycles. The molecule has 0 aliphatic carbocycles. The summed E-state index contributed by atoms with van der Waals surface area (Å²) in [4.78, 5) is 32.3. The summed E-state index contributed by atoms with van der Waals surface area (Å²) in [7, 11) is 0. The van der Waals surface area contributed by atoms with Gasteiger partial charge in [0.05, 0.1) is 4.88 Å². The van der Waals surface area contributed by atoms with Gasteiger partial charge in [-0.3, -0.25) is 4.79 Å². The second-order valence-corrected chi connectivity index (χ2v) is 7.50. The second-order valence-electron chi connectivity index (χ2n) is 6.14. The van der Waals surface area contributed by atoms with Crippen molar-refractivity contribution in [1.82, 2.24) is 4.98 Å². The maximum atomic E-state index is 12.2. The molecule has 1 aromatic heterocycles. The molecule has 1 aliphatic rings. The fourth-order valence-electron chi connectivity index (χ4n) is 2.57. The van der Waals surface area contributed by atoms with E-state index in [4.69, 9.17) is 21.1 Å². The van der Waals surface area contributed by atoms with E-state index in [9.17, 15) is 9.59 Å². The number of hydrogen-bond acceptors (Lipinski definition) is 7. The van der Waals surface area contributed by atoms with Gasteiger partial charge in [-0.15, -0.1) is 0 Å². The van der Waals surface area contributed by atoms with Crippen LogP contribution in [0.15, 0.2) is 65.3 Å². The van der Waals surface area contributed by atoms with E-state index < -0.39 is 5.97 Å². The van der Waals surface area contributed by atoms with Crippen LogP contribution in [0.1, 0.15) is 17.4 Å². The molecule has 0 radical (unpaired) electrons. The minimum Gasteiger partial charge on any atom is -0.431 e. The Morgan fingerprint density at radius 1 is 1.17 bits per heavy atom. The third-order valence-electron chi connectivity index (χ3n) is 3.88. The number of hydrogen-bond donors (Lipinski definition) is 1. The zero-order valence-electron chi connectivity index (χ0n) is 15.6. The lowest BCUT2D eigenvalue weighted by atomic mass is 10.2. The highest BCUT2D eigenvalue weighted by molar-refractivity contribution is 7.14. The molecule has 0 saturated carbocycles. The predicted molar refractivity (Wildman–Crippen MR) is 115 cm³/mol. The highest BCUT2D eigenvalue weighted by atomic mass is 35.5. The zero-order chi connectivity index (χ0) is 21.1. The Morgan fingerprint density at radius 3 is 2.60 bits per heavy atom. The van der Waals surface area contributed by atoms with Crippen LogP contribution in [-0.4, -0.2) is 22.8 Å². The number of aliphatic imine (C=N–C) groups is 1. The van der Waals surface area contributed by atoms with Crippen molar-refractivity contribution < 1.29 is 19.1 Å². The van der Waals surface area contributed by atoms with E-state index in [1.165, 1.54) is 24.3 Å². The normalized spacial score (nSPS) is 14.4. The van der Waals surface area contributed by atoms with Crippen LogP contribution in [0.5, 0.6) is 10.9 Å². The summed E-state index contributed by atoms with van der Waals surface area (Å²) < 4.78 is 10.9. The number of thiazole rings is 1. The van der Waals surface area contributed by atoms with Crippen molar-refractivity contribution in [3.63, 3.8) is 0 Å². The number of benzene rings is 2. The number of carbonyl (C=O) groups excluding carboxylic acids is 2. The lowest BCUT2D eigenvalue weighted by Crippen LogP contribution is -2.07. The van der Waals surface area contributed by atoms with Gasteiger partial charge >= 0.3 is 5.97 Å². The summed E-state index contributed by atoms with van der Waals surface area (Å²) in [5.74, 6) is 0.0352. The average Bonchev–Trinajstić information content (AvgIpc) is 3.25. The van der Waals surface area contributed by atoms with E-state index in [0.717, 1.165) is 0 Å². The second kappa shape index (κ2) is 8.48. The van der Waals surface area contributed by atoms with Gasteiger partial charge in [0.15, 0.2) is 10.9 Å². The topological polar surface area (TPSA) is 89.9 Å². The number of esters is 1. The van der Waals surface area contributed by atoms with Gasteiger partial charge in [-0.1, -0.05) is 41.1 Å². The molecule has 4 rings (SSSR count). The molecular formula is C21H14ClN3O4S. The zero-order valence-corrected chi connectivity index (χ0v) is 17.2. The molecule has 0 atom stereocenters. The molecule has 0 bridgehead atoms. The number of ether oxygens (including phenoxy) is 2. The first-order valence-corrected chi connectivity index (χ1v) is 9.97. The summed E-state index contributed by atoms with van der Waals surface area (Å²) >= 11 is 7.38. The Balaban J connectivity index is 1.54. The van der Waals surface area contributed by atoms with Gasteiger partial charge in [0, 0.05) is 18.2 Å². The third kappa shape index (κ3) is 4.56. The lowest BCUT2D eigenvalue weighted by molar-refractivity contribution is -0.129. The molecule has 0 unspecified atom stereocenters. The molecule has 0 fully saturated rings. The molecule has 0 saturated heterocycles. The predicted octanol–water partition coefficient (Wildman–Crippen LogP) is 4.89. The molecule has 1 aliphatic heterocycles. The van der Waals surface area contributed by atoms with Gasteiger partial charge in [0.1, 0.15) is 5.75 Å². The largest absolute Gasteiger partial charge is 0.431 e. The Labute approximate surface area is 180 Å². The first-order valence-electron chi connectivity index (χ1n) is 8.78. The fourth-order valence-corrected chi connectivity index (χ4v) is 3.63. The van der Waals surface area contributed by atoms with Gasteiger partial charge in [0.25, 0.3) is 5.19 Å². The minimum absolute atomic E-state index is 0.104. The van der Waals surface area contributed by atoms with Gasteiger partial charge in [-0.2, -0.15) is 4.98 Å². The van der Waals surface area contributed by atoms with Crippen LogP contribution in [0, 0.1) is 0 Å². The number of anilines is 1. The number of halogens is 1. The monoisotopic (exact) mass is 439 g/mol. The van der Waals surface area contributed by atoms with E-state index in [1.807, 2.05) is 18.2 Å². The SMILES string of the molecule is CC(=O)Nc1ccc(C2=NC(=Cc3sc(Oc4ccccc4)nc3Cl)C(=O)O2)cc1. The number of nitrogens with one attached hydrogen (secondary N) is 1. The highest BCUT2D eigenvalue weighted by Gasteiger charge is 2.25. The molecule has 9 heteroatoms. The smallest absolute Gasteiger partial charge is 0.363 e. The van der Waals surface area contributed by atoms with Crippen LogP contribution in [-0.2, 0) is 14.3 Å². The van der Waals surface area contributed by atoms with Crippen molar-refractivity contribution in [2.24, 2.45) is 4.99 Å². The molecule has 1 N–H and O–H groups in total. The molecule has 0 spiro atoms. The van der Waals surface area contributed by atoms with E-state index in [0.29, 0.717) is 27.1 Å². The maximum Gasteiger partial charge on any atom is 0.363 e. The highest BCUT2D eigenvalue weighted by Crippen LogP contribution is 2.34. The molecule has 150 valence electrons. The molecule has 1 amide bonds. The van der Waals surface area contributed by atoms with Crippen molar-refractivity contribution in [2.45, 2.75) is 6.92 Å². The van der Waals surface area contributed by atoms with Gasteiger partial charge in [-0.25, -0.2) is 9.79 Å². The third-order valence-corrected chi connectivity index (χ3v) is 5.16. The number of nitrogens with zero attached hydrogens (tertiary/aromatic N) is 2. The van der Waals surface area contributed by atoms with Gasteiger partial charge in [-0.05, 0) is 42.5 Å². The van der Waals surface area contributed by atoms with E-state index in [2.05, 4.69) is 15.3 Å². The van der Waals surface area contributed by atoms with Gasteiger partial charge < -0.3 is 14.8 Å². The van der Waals surface area contributed by atoms with Crippen molar-refractivity contribution in [1.29, 1.82) is 0 Å². The number of amides is 1. The first-order chi connectivity index (χ1) is 14.5. The molecule has 3 aromatic rings. The number of carbonyl (C=O) groups is 2. The molecule has 2 aromatic carbocycles. The van der Waals surface area contributed by atoms with Crippen molar-refractivity contribution in [3.8, 4) is 10.9 Å². The average molecular weight is 440 g/mol. The standard InChI is InChI=1S/C21H14ClN3O4S/c1-12(26)23-14-9-7-13(8-10-14)19-24-16(20(27)29-19)11-17-18(22)25-21(30-17)28-15-5-3-2-4-6-15/h2-11H,1H3,(H,23,26). The van der Waals surface area contributed by atoms with Crippen molar-refractivity contribution in [3.05, 3.63) is 75.9 Å². The molecule has 7 nitrogen and oxygen atoms in total. The van der Waals surface area contributed by atoms with Crippen LogP contribution < -0.4 is 10.1 Å². The Morgan fingerprint density at radius 2 is 1.90 bits per heavy atom. The minimum atomic E-state index is -0.592.